The summed E-state index contributed by atoms with van der Waals surface area (Å²) in [4.78, 5) is 0. The molecule has 0 atom stereocenters. The summed E-state index contributed by atoms with van der Waals surface area (Å²) in [6.45, 7) is 3.67. The lowest BCUT2D eigenvalue weighted by Gasteiger charge is -2.03. The number of allylic oxidation sites excluding steroid dienone is 1. The molecule has 0 bridgehead atoms. The van der Waals surface area contributed by atoms with Crippen molar-refractivity contribution in [3.63, 3.8) is 0 Å². The molecule has 68 valence electrons. The van der Waals surface area contributed by atoms with Crippen LogP contribution in [0, 0.1) is 5.82 Å². The maximum Gasteiger partial charge on any atom is 0.126 e. The second kappa shape index (κ2) is 3.33. The van der Waals surface area contributed by atoms with Gasteiger partial charge in [0.2, 0.25) is 0 Å². The minimum atomic E-state index is -0.0460. The van der Waals surface area contributed by atoms with Gasteiger partial charge in [-0.3, -0.25) is 0 Å². The van der Waals surface area contributed by atoms with Crippen LogP contribution in [-0.4, -0.2) is 0 Å². The lowest BCUT2D eigenvalue weighted by atomic mass is 10.0. The van der Waals surface area contributed by atoms with E-state index in [0.29, 0.717) is 5.92 Å². The van der Waals surface area contributed by atoms with E-state index in [1.165, 1.54) is 5.56 Å². The van der Waals surface area contributed by atoms with E-state index in [1.54, 1.807) is 6.07 Å². The largest absolute Gasteiger partial charge is 0.207 e. The van der Waals surface area contributed by atoms with Gasteiger partial charge >= 0.3 is 0 Å². The molecule has 1 aromatic carbocycles. The monoisotopic (exact) mass is 176 g/mol. The molecule has 0 unspecified atom stereocenters. The van der Waals surface area contributed by atoms with E-state index in [-0.39, 0.29) is 5.82 Å². The van der Waals surface area contributed by atoms with Gasteiger partial charge in [0.1, 0.15) is 5.82 Å². The Balaban J connectivity index is 2.30. The second-order valence-corrected chi connectivity index (χ2v) is 3.62. The number of hydrogen-bond donors (Lipinski definition) is 0. The predicted molar refractivity (Wildman–Crippen MR) is 52.3 cm³/mol. The predicted octanol–water partition coefficient (Wildman–Crippen LogP) is 3.43. The summed E-state index contributed by atoms with van der Waals surface area (Å²) in [6, 6.07) is 5.39. The van der Waals surface area contributed by atoms with Gasteiger partial charge in [0.05, 0.1) is 0 Å². The van der Waals surface area contributed by atoms with Crippen molar-refractivity contribution in [1.82, 2.24) is 0 Å². The quantitative estimate of drug-likeness (QED) is 0.619. The standard InChI is InChI=1S/C12H13F/c1-2-3-9-4-7-12(13)11(8-9)10-5-6-10/h2,4,7-8,10H,1,3,5-6H2. The fourth-order valence-corrected chi connectivity index (χ4v) is 1.59. The molecule has 0 aliphatic heterocycles. The van der Waals surface area contributed by atoms with Gasteiger partial charge in [-0.15, -0.1) is 6.58 Å². The Kier molecular flexibility index (Phi) is 2.17. The summed E-state index contributed by atoms with van der Waals surface area (Å²) >= 11 is 0. The molecule has 0 amide bonds. The molecule has 0 nitrogen and oxygen atoms in total. The molecule has 0 spiro atoms. The minimum absolute atomic E-state index is 0.0460. The van der Waals surface area contributed by atoms with Crippen LogP contribution in [0.25, 0.3) is 0 Å². The lowest BCUT2D eigenvalue weighted by Crippen LogP contribution is -1.90. The zero-order chi connectivity index (χ0) is 9.26. The topological polar surface area (TPSA) is 0 Å². The molecule has 0 heterocycles. The molecule has 2 rings (SSSR count). The Labute approximate surface area is 78.1 Å². The van der Waals surface area contributed by atoms with E-state index >= 15 is 0 Å². The van der Waals surface area contributed by atoms with Crippen molar-refractivity contribution in [2.24, 2.45) is 0 Å². The summed E-state index contributed by atoms with van der Waals surface area (Å²) in [5.74, 6) is 0.445. The molecule has 13 heavy (non-hydrogen) atoms. The molecule has 0 aromatic heterocycles. The smallest absolute Gasteiger partial charge is 0.126 e. The molecular weight excluding hydrogens is 163 g/mol. The first-order valence-electron chi connectivity index (χ1n) is 4.70. The first-order chi connectivity index (χ1) is 6.31. The van der Waals surface area contributed by atoms with Gasteiger partial charge in [0.15, 0.2) is 0 Å². The summed E-state index contributed by atoms with van der Waals surface area (Å²) in [5, 5.41) is 0. The highest BCUT2D eigenvalue weighted by atomic mass is 19.1. The minimum Gasteiger partial charge on any atom is -0.207 e. The third-order valence-electron chi connectivity index (χ3n) is 2.46. The highest BCUT2D eigenvalue weighted by Crippen LogP contribution is 2.41. The summed E-state index contributed by atoms with van der Waals surface area (Å²) in [6.07, 6.45) is 4.98. The maximum absolute atomic E-state index is 13.3. The van der Waals surface area contributed by atoms with Gasteiger partial charge in [-0.1, -0.05) is 18.2 Å². The zero-order valence-corrected chi connectivity index (χ0v) is 7.59. The molecule has 0 radical (unpaired) electrons. The Morgan fingerprint density at radius 3 is 2.85 bits per heavy atom. The van der Waals surface area contributed by atoms with E-state index in [9.17, 15) is 4.39 Å². The number of rotatable bonds is 3. The van der Waals surface area contributed by atoms with Crippen molar-refractivity contribution >= 4 is 0 Å². The van der Waals surface area contributed by atoms with Gasteiger partial charge < -0.3 is 0 Å². The molecule has 0 N–H and O–H groups in total. The van der Waals surface area contributed by atoms with E-state index in [0.717, 1.165) is 24.8 Å². The van der Waals surface area contributed by atoms with E-state index < -0.39 is 0 Å². The van der Waals surface area contributed by atoms with Crippen LogP contribution in [0.3, 0.4) is 0 Å². The highest BCUT2D eigenvalue weighted by Gasteiger charge is 2.26. The van der Waals surface area contributed by atoms with Crippen molar-refractivity contribution in [3.8, 4) is 0 Å². The summed E-state index contributed by atoms with van der Waals surface area (Å²) in [7, 11) is 0. The van der Waals surface area contributed by atoms with Crippen molar-refractivity contribution < 1.29 is 4.39 Å². The Morgan fingerprint density at radius 2 is 2.23 bits per heavy atom. The van der Waals surface area contributed by atoms with Crippen LogP contribution < -0.4 is 0 Å². The molecule has 1 aliphatic rings. The lowest BCUT2D eigenvalue weighted by molar-refractivity contribution is 0.610. The van der Waals surface area contributed by atoms with Crippen molar-refractivity contribution in [3.05, 3.63) is 47.8 Å². The van der Waals surface area contributed by atoms with Crippen LogP contribution in [-0.2, 0) is 6.42 Å². The van der Waals surface area contributed by atoms with Crippen LogP contribution in [0.4, 0.5) is 4.39 Å². The van der Waals surface area contributed by atoms with Crippen LogP contribution in [0.15, 0.2) is 30.9 Å². The SMILES string of the molecule is C=CCc1ccc(F)c(C2CC2)c1. The van der Waals surface area contributed by atoms with Gasteiger partial charge in [-0.2, -0.15) is 0 Å². The fraction of sp³-hybridized carbons (Fsp3) is 0.333. The molecule has 1 fully saturated rings. The van der Waals surface area contributed by atoms with Crippen molar-refractivity contribution in [2.75, 3.05) is 0 Å². The number of hydrogen-bond acceptors (Lipinski definition) is 0. The van der Waals surface area contributed by atoms with Crippen molar-refractivity contribution in [1.29, 1.82) is 0 Å². The molecular formula is C12H13F. The van der Waals surface area contributed by atoms with E-state index in [1.807, 2.05) is 18.2 Å². The average molecular weight is 176 g/mol. The van der Waals surface area contributed by atoms with Crippen LogP contribution in [0.2, 0.25) is 0 Å². The average Bonchev–Trinajstić information content (AvgIpc) is 2.92. The first-order valence-corrected chi connectivity index (χ1v) is 4.70. The highest BCUT2D eigenvalue weighted by molar-refractivity contribution is 5.31. The maximum atomic E-state index is 13.3. The molecule has 1 aromatic rings. The summed E-state index contributed by atoms with van der Waals surface area (Å²) in [5.41, 5.74) is 2.07. The Morgan fingerprint density at radius 1 is 1.46 bits per heavy atom. The fourth-order valence-electron chi connectivity index (χ4n) is 1.59. The van der Waals surface area contributed by atoms with Gasteiger partial charge in [-0.25, -0.2) is 4.39 Å². The van der Waals surface area contributed by atoms with E-state index in [2.05, 4.69) is 6.58 Å². The van der Waals surface area contributed by atoms with Gasteiger partial charge in [0, 0.05) is 0 Å². The molecule has 1 saturated carbocycles. The van der Waals surface area contributed by atoms with E-state index in [4.69, 9.17) is 0 Å². The molecule has 0 saturated heterocycles. The Hall–Kier alpha value is -1.11. The second-order valence-electron chi connectivity index (χ2n) is 3.62. The zero-order valence-electron chi connectivity index (χ0n) is 7.59. The number of benzene rings is 1. The molecule has 1 heteroatoms. The van der Waals surface area contributed by atoms with Gasteiger partial charge in [-0.05, 0) is 42.4 Å². The Bertz CT molecular complexity index is 324. The third kappa shape index (κ3) is 1.80. The van der Waals surface area contributed by atoms with Crippen LogP contribution >= 0.6 is 0 Å². The number of halogens is 1. The third-order valence-corrected chi connectivity index (χ3v) is 2.46. The molecule has 1 aliphatic carbocycles. The normalized spacial score (nSPS) is 15.8. The van der Waals surface area contributed by atoms with Crippen molar-refractivity contribution in [2.45, 2.75) is 25.2 Å². The first kappa shape index (κ1) is 8.49. The van der Waals surface area contributed by atoms with Gasteiger partial charge in [0.25, 0.3) is 0 Å². The van der Waals surface area contributed by atoms with Crippen LogP contribution in [0.5, 0.6) is 0 Å². The van der Waals surface area contributed by atoms with Crippen LogP contribution in [0.1, 0.15) is 29.9 Å². The summed E-state index contributed by atoms with van der Waals surface area (Å²) < 4.78 is 13.3.